The van der Waals surface area contributed by atoms with E-state index in [9.17, 15) is 9.59 Å². The van der Waals surface area contributed by atoms with Gasteiger partial charge in [-0.1, -0.05) is 18.2 Å². The van der Waals surface area contributed by atoms with Crippen molar-refractivity contribution < 1.29 is 14.3 Å². The van der Waals surface area contributed by atoms with Crippen molar-refractivity contribution in [2.75, 3.05) is 17.2 Å². The molecule has 148 valence electrons. The molecule has 0 unspecified atom stereocenters. The molecule has 0 spiro atoms. The standard InChI is InChI=1S/C22H21N3O3S/c1-14-4-2-5-17(10-14)28-9-3-6-20(26)25-22-24-19(13-29-22)15-7-8-18-16(11-15)12-21(27)23-18/h2,4-5,7-8,10-11,13H,3,6,9,12H2,1H3,(H,23,27)(H,24,25,26). The SMILES string of the molecule is Cc1cccc(OCCCC(=O)Nc2nc(-c3ccc4c(c3)CC(=O)N4)cs2)c1. The fourth-order valence-electron chi connectivity index (χ4n) is 3.16. The van der Waals surface area contributed by atoms with E-state index < -0.39 is 0 Å². The van der Waals surface area contributed by atoms with E-state index in [2.05, 4.69) is 15.6 Å². The van der Waals surface area contributed by atoms with Crippen LogP contribution in [0.1, 0.15) is 24.0 Å². The molecule has 6 nitrogen and oxygen atoms in total. The molecule has 3 aromatic rings. The number of hydrogen-bond donors (Lipinski definition) is 2. The summed E-state index contributed by atoms with van der Waals surface area (Å²) in [6.45, 7) is 2.50. The first kappa shape index (κ1) is 19.1. The van der Waals surface area contributed by atoms with E-state index in [4.69, 9.17) is 4.74 Å². The minimum absolute atomic E-state index is 0.00904. The Kier molecular flexibility index (Phi) is 5.57. The summed E-state index contributed by atoms with van der Waals surface area (Å²) in [5, 5.41) is 8.14. The third-order valence-electron chi connectivity index (χ3n) is 4.58. The van der Waals surface area contributed by atoms with Crippen molar-refractivity contribution in [2.24, 2.45) is 0 Å². The number of aryl methyl sites for hydroxylation is 1. The maximum atomic E-state index is 12.2. The van der Waals surface area contributed by atoms with Gasteiger partial charge in [-0.2, -0.15) is 0 Å². The monoisotopic (exact) mass is 407 g/mol. The maximum Gasteiger partial charge on any atom is 0.228 e. The third-order valence-corrected chi connectivity index (χ3v) is 5.34. The number of nitrogens with one attached hydrogen (secondary N) is 2. The summed E-state index contributed by atoms with van der Waals surface area (Å²) in [6.07, 6.45) is 1.39. The molecule has 0 saturated heterocycles. The summed E-state index contributed by atoms with van der Waals surface area (Å²) in [5.41, 5.74) is 4.69. The summed E-state index contributed by atoms with van der Waals surface area (Å²) in [4.78, 5) is 28.2. The zero-order valence-electron chi connectivity index (χ0n) is 16.0. The van der Waals surface area contributed by atoms with Crippen molar-refractivity contribution in [3.05, 3.63) is 59.0 Å². The van der Waals surface area contributed by atoms with E-state index in [1.165, 1.54) is 11.3 Å². The molecule has 2 N–H and O–H groups in total. The number of nitrogens with zero attached hydrogens (tertiary/aromatic N) is 1. The predicted molar refractivity (Wildman–Crippen MR) is 114 cm³/mol. The van der Waals surface area contributed by atoms with Crippen molar-refractivity contribution in [1.82, 2.24) is 4.98 Å². The average Bonchev–Trinajstić information content (AvgIpc) is 3.30. The molecule has 0 atom stereocenters. The Hall–Kier alpha value is -3.19. The van der Waals surface area contributed by atoms with E-state index in [-0.39, 0.29) is 11.8 Å². The predicted octanol–water partition coefficient (Wildman–Crippen LogP) is 4.41. The lowest BCUT2D eigenvalue weighted by Crippen LogP contribution is -2.12. The van der Waals surface area contributed by atoms with Gasteiger partial charge < -0.3 is 15.4 Å². The lowest BCUT2D eigenvalue weighted by atomic mass is 10.1. The van der Waals surface area contributed by atoms with E-state index >= 15 is 0 Å². The van der Waals surface area contributed by atoms with Gasteiger partial charge in [0.1, 0.15) is 5.75 Å². The normalized spacial score (nSPS) is 12.4. The Labute approximate surface area is 172 Å². The fraction of sp³-hybridized carbons (Fsp3) is 0.227. The molecule has 7 heteroatoms. The smallest absolute Gasteiger partial charge is 0.228 e. The number of thiazole rings is 1. The zero-order valence-corrected chi connectivity index (χ0v) is 16.8. The van der Waals surface area contributed by atoms with Crippen LogP contribution >= 0.6 is 11.3 Å². The highest BCUT2D eigenvalue weighted by Gasteiger charge is 2.18. The molecular formula is C22H21N3O3S. The number of rotatable bonds is 7. The lowest BCUT2D eigenvalue weighted by molar-refractivity contribution is -0.116. The molecule has 2 aromatic carbocycles. The zero-order chi connectivity index (χ0) is 20.2. The van der Waals surface area contributed by atoms with Crippen molar-refractivity contribution in [3.63, 3.8) is 0 Å². The summed E-state index contributed by atoms with van der Waals surface area (Å²) in [6, 6.07) is 13.6. The van der Waals surface area contributed by atoms with Crippen molar-refractivity contribution in [3.8, 4) is 17.0 Å². The minimum atomic E-state index is -0.0810. The van der Waals surface area contributed by atoms with Crippen molar-refractivity contribution in [2.45, 2.75) is 26.2 Å². The van der Waals surface area contributed by atoms with Gasteiger partial charge in [-0.05, 0) is 48.7 Å². The van der Waals surface area contributed by atoms with Gasteiger partial charge >= 0.3 is 0 Å². The third kappa shape index (κ3) is 4.81. The van der Waals surface area contributed by atoms with Gasteiger partial charge in [-0.25, -0.2) is 4.98 Å². The number of amides is 2. The molecule has 1 aliphatic heterocycles. The van der Waals surface area contributed by atoms with Gasteiger partial charge in [0.2, 0.25) is 11.8 Å². The molecule has 0 bridgehead atoms. The highest BCUT2D eigenvalue weighted by atomic mass is 32.1. The first-order valence-corrected chi connectivity index (χ1v) is 10.3. The summed E-state index contributed by atoms with van der Waals surface area (Å²) >= 11 is 1.39. The molecular weight excluding hydrogens is 386 g/mol. The van der Waals surface area contributed by atoms with Crippen LogP contribution in [0.5, 0.6) is 5.75 Å². The van der Waals surface area contributed by atoms with E-state index in [1.807, 2.05) is 54.8 Å². The fourth-order valence-corrected chi connectivity index (χ4v) is 3.90. The molecule has 4 rings (SSSR count). The van der Waals surface area contributed by atoms with Crippen LogP contribution in [-0.4, -0.2) is 23.4 Å². The number of fused-ring (bicyclic) bond motifs is 1. The van der Waals surface area contributed by atoms with Crippen LogP contribution in [0.25, 0.3) is 11.3 Å². The number of ether oxygens (including phenoxy) is 1. The molecule has 1 aliphatic rings. The first-order chi connectivity index (χ1) is 14.1. The maximum absolute atomic E-state index is 12.2. The number of carbonyl (C=O) groups excluding carboxylic acids is 2. The van der Waals surface area contributed by atoms with Crippen LogP contribution in [-0.2, 0) is 16.0 Å². The van der Waals surface area contributed by atoms with Crippen LogP contribution in [0, 0.1) is 6.92 Å². The van der Waals surface area contributed by atoms with Gasteiger partial charge in [-0.3, -0.25) is 9.59 Å². The molecule has 1 aromatic heterocycles. The molecule has 29 heavy (non-hydrogen) atoms. The highest BCUT2D eigenvalue weighted by molar-refractivity contribution is 7.14. The first-order valence-electron chi connectivity index (χ1n) is 9.45. The average molecular weight is 407 g/mol. The van der Waals surface area contributed by atoms with Gasteiger partial charge in [0.25, 0.3) is 0 Å². The highest BCUT2D eigenvalue weighted by Crippen LogP contribution is 2.30. The summed E-state index contributed by atoms with van der Waals surface area (Å²) in [7, 11) is 0. The van der Waals surface area contributed by atoms with Crippen LogP contribution < -0.4 is 15.4 Å². The Morgan fingerprint density at radius 3 is 3.03 bits per heavy atom. The Balaban J connectivity index is 1.27. The van der Waals surface area contributed by atoms with E-state index in [1.54, 1.807) is 0 Å². The Bertz CT molecular complexity index is 1060. The van der Waals surface area contributed by atoms with E-state index in [0.29, 0.717) is 31.0 Å². The van der Waals surface area contributed by atoms with Crippen LogP contribution in [0.4, 0.5) is 10.8 Å². The van der Waals surface area contributed by atoms with E-state index in [0.717, 1.165) is 33.8 Å². The topological polar surface area (TPSA) is 80.3 Å². The summed E-state index contributed by atoms with van der Waals surface area (Å²) < 4.78 is 5.67. The quantitative estimate of drug-likeness (QED) is 0.569. The second-order valence-electron chi connectivity index (χ2n) is 6.95. The molecule has 2 heterocycles. The van der Waals surface area contributed by atoms with Gasteiger partial charge in [-0.15, -0.1) is 11.3 Å². The number of anilines is 2. The molecule has 0 aliphatic carbocycles. The molecule has 0 saturated carbocycles. The van der Waals surface area contributed by atoms with Crippen LogP contribution in [0.15, 0.2) is 47.8 Å². The molecule has 0 fully saturated rings. The van der Waals surface area contributed by atoms with Gasteiger partial charge in [0.05, 0.1) is 18.7 Å². The second kappa shape index (κ2) is 8.45. The number of benzene rings is 2. The number of aromatic nitrogens is 1. The van der Waals surface area contributed by atoms with Crippen LogP contribution in [0.3, 0.4) is 0 Å². The lowest BCUT2D eigenvalue weighted by Gasteiger charge is -2.06. The number of hydrogen-bond acceptors (Lipinski definition) is 5. The van der Waals surface area contributed by atoms with Crippen molar-refractivity contribution >= 4 is 34.0 Å². The Morgan fingerprint density at radius 2 is 2.17 bits per heavy atom. The largest absolute Gasteiger partial charge is 0.494 e. The van der Waals surface area contributed by atoms with Gasteiger partial charge in [0, 0.05) is 23.1 Å². The van der Waals surface area contributed by atoms with Crippen molar-refractivity contribution in [1.29, 1.82) is 0 Å². The Morgan fingerprint density at radius 1 is 1.28 bits per heavy atom. The number of carbonyl (C=O) groups is 2. The molecule has 0 radical (unpaired) electrons. The summed E-state index contributed by atoms with van der Waals surface area (Å²) in [5.74, 6) is 0.749. The second-order valence-corrected chi connectivity index (χ2v) is 7.81. The van der Waals surface area contributed by atoms with Gasteiger partial charge in [0.15, 0.2) is 5.13 Å². The minimum Gasteiger partial charge on any atom is -0.494 e. The van der Waals surface area contributed by atoms with Crippen LogP contribution in [0.2, 0.25) is 0 Å². The molecule has 2 amide bonds.